The minimum Gasteiger partial charge on any atom is -0.398 e. The molecule has 5 nitrogen and oxygen atoms in total. The van der Waals surface area contributed by atoms with Gasteiger partial charge in [-0.2, -0.15) is 0 Å². The van der Waals surface area contributed by atoms with E-state index in [1.807, 2.05) is 6.92 Å². The van der Waals surface area contributed by atoms with Gasteiger partial charge in [-0.25, -0.2) is 8.42 Å². The van der Waals surface area contributed by atoms with Gasteiger partial charge in [0.2, 0.25) is 15.7 Å². The fourth-order valence-electron chi connectivity index (χ4n) is 1.89. The first kappa shape index (κ1) is 15.1. The number of rotatable bonds is 3. The first-order valence-corrected chi connectivity index (χ1v) is 7.78. The summed E-state index contributed by atoms with van der Waals surface area (Å²) in [5.74, 6) is -0.279. The maximum absolute atomic E-state index is 12.6. The zero-order chi connectivity index (χ0) is 15.6. The van der Waals surface area contributed by atoms with Crippen molar-refractivity contribution in [3.05, 3.63) is 48.0 Å². The van der Waals surface area contributed by atoms with Crippen LogP contribution in [0.1, 0.15) is 12.5 Å². The Balaban J connectivity index is 2.53. The maximum Gasteiger partial charge on any atom is 0.221 e. The van der Waals surface area contributed by atoms with Gasteiger partial charge in [0.25, 0.3) is 0 Å². The van der Waals surface area contributed by atoms with Crippen molar-refractivity contribution >= 4 is 27.1 Å². The van der Waals surface area contributed by atoms with Gasteiger partial charge in [-0.3, -0.25) is 4.79 Å². The second kappa shape index (κ2) is 5.57. The van der Waals surface area contributed by atoms with Gasteiger partial charge in [-0.1, -0.05) is 17.7 Å². The predicted molar refractivity (Wildman–Crippen MR) is 81.8 cm³/mol. The summed E-state index contributed by atoms with van der Waals surface area (Å²) in [7, 11) is -3.72. The fourth-order valence-corrected chi connectivity index (χ4v) is 3.30. The Morgan fingerprint density at radius 2 is 1.71 bits per heavy atom. The largest absolute Gasteiger partial charge is 0.398 e. The monoisotopic (exact) mass is 304 g/mol. The first-order chi connectivity index (χ1) is 9.80. The molecule has 0 aliphatic rings. The molecule has 0 saturated carbocycles. The average Bonchev–Trinajstić information content (AvgIpc) is 2.41. The van der Waals surface area contributed by atoms with Crippen LogP contribution in [0, 0.1) is 6.92 Å². The van der Waals surface area contributed by atoms with Crippen molar-refractivity contribution in [1.82, 2.24) is 0 Å². The Morgan fingerprint density at radius 1 is 1.10 bits per heavy atom. The summed E-state index contributed by atoms with van der Waals surface area (Å²) in [5.41, 5.74) is 7.28. The summed E-state index contributed by atoms with van der Waals surface area (Å²) in [4.78, 5) is 11.2. The summed E-state index contributed by atoms with van der Waals surface area (Å²) in [6, 6.07) is 10.9. The fraction of sp³-hybridized carbons (Fsp3) is 0.133. The Bertz CT molecular complexity index is 781. The third-order valence-corrected chi connectivity index (χ3v) is 4.78. The Labute approximate surface area is 123 Å². The first-order valence-electron chi connectivity index (χ1n) is 6.29. The molecule has 110 valence electrons. The molecule has 0 heterocycles. The van der Waals surface area contributed by atoms with Crippen molar-refractivity contribution < 1.29 is 13.2 Å². The number of sulfone groups is 1. The van der Waals surface area contributed by atoms with E-state index in [2.05, 4.69) is 5.32 Å². The van der Waals surface area contributed by atoms with Gasteiger partial charge >= 0.3 is 0 Å². The summed E-state index contributed by atoms with van der Waals surface area (Å²) < 4.78 is 25.2. The average molecular weight is 304 g/mol. The third kappa shape index (κ3) is 3.22. The van der Waals surface area contributed by atoms with Crippen molar-refractivity contribution in [2.75, 3.05) is 11.1 Å². The molecule has 0 radical (unpaired) electrons. The Hall–Kier alpha value is -2.34. The third-order valence-electron chi connectivity index (χ3n) is 2.95. The zero-order valence-electron chi connectivity index (χ0n) is 11.8. The molecule has 21 heavy (non-hydrogen) atoms. The molecule has 0 aliphatic heterocycles. The van der Waals surface area contributed by atoms with Crippen LogP contribution in [0.25, 0.3) is 0 Å². The number of carbonyl (C=O) groups is 1. The quantitative estimate of drug-likeness (QED) is 0.852. The number of nitrogens with two attached hydrogens (primary N) is 1. The van der Waals surface area contributed by atoms with Gasteiger partial charge < -0.3 is 11.1 Å². The lowest BCUT2D eigenvalue weighted by Gasteiger charge is -2.10. The molecule has 2 rings (SSSR count). The molecular weight excluding hydrogens is 288 g/mol. The van der Waals surface area contributed by atoms with E-state index in [0.29, 0.717) is 5.69 Å². The van der Waals surface area contributed by atoms with E-state index in [1.165, 1.54) is 31.2 Å². The van der Waals surface area contributed by atoms with Crippen molar-refractivity contribution in [3.8, 4) is 0 Å². The van der Waals surface area contributed by atoms with Crippen LogP contribution in [0.4, 0.5) is 11.4 Å². The number of hydrogen-bond acceptors (Lipinski definition) is 4. The number of carbonyl (C=O) groups excluding carboxylic acids is 1. The topological polar surface area (TPSA) is 89.3 Å². The number of nitrogen functional groups attached to an aromatic ring is 1. The molecule has 0 aliphatic carbocycles. The van der Waals surface area contributed by atoms with E-state index in [9.17, 15) is 13.2 Å². The highest BCUT2D eigenvalue weighted by atomic mass is 32.2. The molecular formula is C15H16N2O3S. The van der Waals surface area contributed by atoms with Crippen LogP contribution >= 0.6 is 0 Å². The van der Waals surface area contributed by atoms with Gasteiger partial charge in [0, 0.05) is 12.6 Å². The molecule has 0 bridgehead atoms. The van der Waals surface area contributed by atoms with Crippen LogP contribution in [0.2, 0.25) is 0 Å². The second-order valence-electron chi connectivity index (χ2n) is 4.75. The molecule has 3 N–H and O–H groups in total. The molecule has 0 saturated heterocycles. The van der Waals surface area contributed by atoms with E-state index in [1.54, 1.807) is 18.2 Å². The molecule has 0 spiro atoms. The van der Waals surface area contributed by atoms with Gasteiger partial charge in [-0.05, 0) is 37.3 Å². The zero-order valence-corrected chi connectivity index (χ0v) is 12.6. The van der Waals surface area contributed by atoms with Crippen LogP contribution < -0.4 is 11.1 Å². The Morgan fingerprint density at radius 3 is 2.29 bits per heavy atom. The second-order valence-corrected chi connectivity index (χ2v) is 6.67. The molecule has 0 atom stereocenters. The highest BCUT2D eigenvalue weighted by Crippen LogP contribution is 2.28. The molecule has 0 unspecified atom stereocenters. The predicted octanol–water partition coefficient (Wildman–Crippen LogP) is 2.37. The molecule has 2 aromatic carbocycles. The minimum absolute atomic E-state index is 0.0161. The molecule has 0 aromatic heterocycles. The van der Waals surface area contributed by atoms with E-state index >= 15 is 0 Å². The number of anilines is 2. The lowest BCUT2D eigenvalue weighted by Crippen LogP contribution is -2.09. The van der Waals surface area contributed by atoms with Gasteiger partial charge in [0.05, 0.1) is 15.5 Å². The van der Waals surface area contributed by atoms with Crippen molar-refractivity contribution in [2.45, 2.75) is 23.6 Å². The highest BCUT2D eigenvalue weighted by molar-refractivity contribution is 7.91. The number of amides is 1. The summed E-state index contributed by atoms with van der Waals surface area (Å²) >= 11 is 0. The minimum atomic E-state index is -3.72. The summed E-state index contributed by atoms with van der Waals surface area (Å²) in [5, 5.41) is 2.55. The van der Waals surface area contributed by atoms with Crippen LogP contribution in [0.3, 0.4) is 0 Å². The van der Waals surface area contributed by atoms with Crippen molar-refractivity contribution in [2.24, 2.45) is 0 Å². The van der Waals surface area contributed by atoms with Gasteiger partial charge in [0.15, 0.2) is 0 Å². The maximum atomic E-state index is 12.6. The van der Waals surface area contributed by atoms with E-state index in [4.69, 9.17) is 5.73 Å². The number of hydrogen-bond donors (Lipinski definition) is 2. The van der Waals surface area contributed by atoms with Crippen LogP contribution in [0.5, 0.6) is 0 Å². The SMILES string of the molecule is CC(=O)Nc1ccc(N)c(S(=O)(=O)c2ccc(C)cc2)c1. The van der Waals surface area contributed by atoms with Crippen molar-refractivity contribution in [1.29, 1.82) is 0 Å². The number of nitrogens with one attached hydrogen (secondary N) is 1. The standard InChI is InChI=1S/C15H16N2O3S/c1-10-3-6-13(7-4-10)21(19,20)15-9-12(17-11(2)18)5-8-14(15)16/h3-9H,16H2,1-2H3,(H,17,18). The molecule has 0 fully saturated rings. The summed E-state index contributed by atoms with van der Waals surface area (Å²) in [6.45, 7) is 3.23. The Kier molecular flexibility index (Phi) is 3.99. The van der Waals surface area contributed by atoms with Crippen molar-refractivity contribution in [3.63, 3.8) is 0 Å². The lowest BCUT2D eigenvalue weighted by atomic mass is 10.2. The van der Waals surface area contributed by atoms with E-state index in [-0.39, 0.29) is 21.4 Å². The highest BCUT2D eigenvalue weighted by Gasteiger charge is 2.21. The van der Waals surface area contributed by atoms with Gasteiger partial charge in [-0.15, -0.1) is 0 Å². The number of aryl methyl sites for hydroxylation is 1. The summed E-state index contributed by atoms with van der Waals surface area (Å²) in [6.07, 6.45) is 0. The number of benzene rings is 2. The van der Waals surface area contributed by atoms with E-state index in [0.717, 1.165) is 5.56 Å². The molecule has 6 heteroatoms. The van der Waals surface area contributed by atoms with E-state index < -0.39 is 9.84 Å². The van der Waals surface area contributed by atoms with Crippen LogP contribution in [-0.2, 0) is 14.6 Å². The molecule has 1 amide bonds. The van der Waals surface area contributed by atoms with Crippen LogP contribution in [-0.4, -0.2) is 14.3 Å². The molecule has 2 aromatic rings. The van der Waals surface area contributed by atoms with Crippen LogP contribution in [0.15, 0.2) is 52.3 Å². The normalized spacial score (nSPS) is 11.1. The smallest absolute Gasteiger partial charge is 0.221 e. The lowest BCUT2D eigenvalue weighted by molar-refractivity contribution is -0.114. The van der Waals surface area contributed by atoms with Gasteiger partial charge in [0.1, 0.15) is 0 Å².